The minimum Gasteiger partial charge on any atom is -0.396 e. The molecule has 0 fully saturated rings. The van der Waals surface area contributed by atoms with Gasteiger partial charge in [0.15, 0.2) is 0 Å². The fraction of sp³-hybridized carbons (Fsp3) is 0.875. The fourth-order valence-electron chi connectivity index (χ4n) is 0.572. The van der Waals surface area contributed by atoms with E-state index in [9.17, 15) is 0 Å². The van der Waals surface area contributed by atoms with Gasteiger partial charge >= 0.3 is 0 Å². The van der Waals surface area contributed by atoms with Gasteiger partial charge in [0.2, 0.25) is 0 Å². The second-order valence-corrected chi connectivity index (χ2v) is 2.14. The molecular weight excluding hydrogens is 126 g/mol. The molecule has 0 aromatic carbocycles. The monoisotopic (exact) mass is 142 g/mol. The van der Waals surface area contributed by atoms with E-state index in [1.807, 2.05) is 6.92 Å². The summed E-state index contributed by atoms with van der Waals surface area (Å²) in [6, 6.07) is 0. The Labute approximate surface area is 63.3 Å². The molecule has 0 aliphatic carbocycles. The highest BCUT2D eigenvalue weighted by Gasteiger charge is 1.83. The second kappa shape index (κ2) is 8.47. The Morgan fingerprint density at radius 3 is 2.70 bits per heavy atom. The van der Waals surface area contributed by atoms with E-state index in [0.717, 1.165) is 19.4 Å². The zero-order chi connectivity index (χ0) is 7.66. The molecule has 0 saturated carbocycles. The fourth-order valence-corrected chi connectivity index (χ4v) is 0.572. The van der Waals surface area contributed by atoms with Gasteiger partial charge in [0, 0.05) is 0 Å². The van der Waals surface area contributed by atoms with Crippen LogP contribution in [-0.4, -0.2) is 12.8 Å². The number of rotatable bonds is 6. The molecule has 0 heterocycles. The van der Waals surface area contributed by atoms with Crippen LogP contribution in [-0.2, 0) is 4.84 Å². The summed E-state index contributed by atoms with van der Waals surface area (Å²) in [4.78, 5) is 4.89. The van der Waals surface area contributed by atoms with E-state index in [2.05, 4.69) is 18.3 Å². The summed E-state index contributed by atoms with van der Waals surface area (Å²) in [5.41, 5.74) is 0. The van der Waals surface area contributed by atoms with Crippen molar-refractivity contribution in [3.63, 3.8) is 0 Å². The second-order valence-electron chi connectivity index (χ2n) is 2.14. The van der Waals surface area contributed by atoms with Crippen molar-refractivity contribution in [1.29, 1.82) is 0 Å². The van der Waals surface area contributed by atoms with Crippen LogP contribution in [0.25, 0.3) is 0 Å². The molecule has 0 unspecified atom stereocenters. The van der Waals surface area contributed by atoms with E-state index in [1.54, 1.807) is 0 Å². The largest absolute Gasteiger partial charge is 0.396 e. The molecular formula is C8H16NO. The lowest BCUT2D eigenvalue weighted by atomic mass is 10.3. The molecule has 0 N–H and O–H groups in total. The quantitative estimate of drug-likeness (QED) is 0.317. The molecule has 10 heavy (non-hydrogen) atoms. The number of hydrogen-bond acceptors (Lipinski definition) is 2. The Hall–Kier alpha value is -0.530. The maximum atomic E-state index is 4.89. The van der Waals surface area contributed by atoms with E-state index in [1.165, 1.54) is 12.8 Å². The third-order valence-corrected chi connectivity index (χ3v) is 1.13. The summed E-state index contributed by atoms with van der Waals surface area (Å²) in [5, 5.41) is 3.61. The van der Waals surface area contributed by atoms with Gasteiger partial charge in [-0.05, 0) is 12.8 Å². The lowest BCUT2D eigenvalue weighted by Crippen LogP contribution is -1.87. The summed E-state index contributed by atoms with van der Waals surface area (Å²) >= 11 is 0. The van der Waals surface area contributed by atoms with Crippen LogP contribution in [0.2, 0.25) is 0 Å². The molecule has 0 aliphatic rings. The smallest absolute Gasteiger partial charge is 0.117 e. The average molecular weight is 142 g/mol. The zero-order valence-corrected chi connectivity index (χ0v) is 6.89. The Balaban J connectivity index is 2.83. The van der Waals surface area contributed by atoms with Gasteiger partial charge in [-0.2, -0.15) is 0 Å². The van der Waals surface area contributed by atoms with Crippen molar-refractivity contribution in [3.05, 3.63) is 0 Å². The maximum absolute atomic E-state index is 4.89. The van der Waals surface area contributed by atoms with Gasteiger partial charge < -0.3 is 4.84 Å². The predicted octanol–water partition coefficient (Wildman–Crippen LogP) is 2.47. The Morgan fingerprint density at radius 1 is 1.30 bits per heavy atom. The van der Waals surface area contributed by atoms with E-state index in [4.69, 9.17) is 4.84 Å². The van der Waals surface area contributed by atoms with Crippen molar-refractivity contribution in [2.45, 2.75) is 39.5 Å². The van der Waals surface area contributed by atoms with E-state index >= 15 is 0 Å². The molecule has 0 aromatic rings. The van der Waals surface area contributed by atoms with Crippen molar-refractivity contribution in [2.75, 3.05) is 6.61 Å². The van der Waals surface area contributed by atoms with Crippen LogP contribution in [0.3, 0.4) is 0 Å². The minimum absolute atomic E-state index is 0.737. The van der Waals surface area contributed by atoms with Gasteiger partial charge in [0.25, 0.3) is 0 Å². The molecule has 0 atom stereocenters. The summed E-state index contributed by atoms with van der Waals surface area (Å²) < 4.78 is 0. The van der Waals surface area contributed by atoms with Crippen molar-refractivity contribution in [3.8, 4) is 0 Å². The number of nitrogens with zero attached hydrogens (tertiary/aromatic N) is 1. The van der Waals surface area contributed by atoms with Crippen molar-refractivity contribution < 1.29 is 4.84 Å². The van der Waals surface area contributed by atoms with E-state index < -0.39 is 0 Å². The topological polar surface area (TPSA) is 21.6 Å². The van der Waals surface area contributed by atoms with E-state index in [-0.39, 0.29) is 0 Å². The lowest BCUT2D eigenvalue weighted by Gasteiger charge is -1.95. The highest BCUT2D eigenvalue weighted by molar-refractivity contribution is 5.55. The molecule has 59 valence electrons. The van der Waals surface area contributed by atoms with Crippen LogP contribution in [0.4, 0.5) is 0 Å². The SMILES string of the molecule is CC/[C]=N/OCCCCC. The van der Waals surface area contributed by atoms with Crippen LogP contribution in [0, 0.1) is 0 Å². The Bertz CT molecular complexity index is 81.3. The first-order valence-electron chi connectivity index (χ1n) is 3.96. The normalized spacial score (nSPS) is 10.6. The molecule has 0 amide bonds. The molecule has 1 radical (unpaired) electrons. The molecule has 0 rings (SSSR count). The van der Waals surface area contributed by atoms with Gasteiger partial charge in [-0.3, -0.25) is 0 Å². The van der Waals surface area contributed by atoms with Crippen LogP contribution in [0.5, 0.6) is 0 Å². The summed E-state index contributed by atoms with van der Waals surface area (Å²) in [6.45, 7) is 4.89. The van der Waals surface area contributed by atoms with Gasteiger partial charge in [-0.1, -0.05) is 31.8 Å². The highest BCUT2D eigenvalue weighted by Crippen LogP contribution is 1.93. The first kappa shape index (κ1) is 9.47. The first-order valence-corrected chi connectivity index (χ1v) is 3.96. The van der Waals surface area contributed by atoms with Crippen molar-refractivity contribution in [2.24, 2.45) is 5.16 Å². The molecule has 0 aliphatic heterocycles. The third-order valence-electron chi connectivity index (χ3n) is 1.13. The van der Waals surface area contributed by atoms with Crippen LogP contribution >= 0.6 is 0 Å². The third kappa shape index (κ3) is 7.47. The lowest BCUT2D eigenvalue weighted by molar-refractivity contribution is 0.141. The minimum atomic E-state index is 0.737. The van der Waals surface area contributed by atoms with Crippen LogP contribution in [0.1, 0.15) is 39.5 Å². The molecule has 0 aromatic heterocycles. The van der Waals surface area contributed by atoms with Gasteiger partial charge in [0.1, 0.15) is 12.8 Å². The Morgan fingerprint density at radius 2 is 2.10 bits per heavy atom. The molecule has 2 nitrogen and oxygen atoms in total. The highest BCUT2D eigenvalue weighted by atomic mass is 16.6. The zero-order valence-electron chi connectivity index (χ0n) is 6.89. The molecule has 2 heteroatoms. The summed E-state index contributed by atoms with van der Waals surface area (Å²) in [6.07, 6.45) is 7.11. The molecule has 0 saturated heterocycles. The number of hydrogen-bond donors (Lipinski definition) is 0. The van der Waals surface area contributed by atoms with Crippen LogP contribution in [0.15, 0.2) is 5.16 Å². The van der Waals surface area contributed by atoms with Gasteiger partial charge in [0.05, 0.1) is 0 Å². The summed E-state index contributed by atoms with van der Waals surface area (Å²) in [5.74, 6) is 0. The van der Waals surface area contributed by atoms with E-state index in [0.29, 0.717) is 0 Å². The van der Waals surface area contributed by atoms with Crippen LogP contribution < -0.4 is 0 Å². The average Bonchev–Trinajstić information content (AvgIpc) is 1.97. The van der Waals surface area contributed by atoms with Crippen molar-refractivity contribution >= 4 is 6.21 Å². The standard InChI is InChI=1S/C8H16NO/c1-3-5-6-8-10-9-7-4-2/h3-6,8H2,1-2H3. The van der Waals surface area contributed by atoms with Gasteiger partial charge in [-0.15, -0.1) is 0 Å². The molecule has 0 spiro atoms. The number of unbranched alkanes of at least 4 members (excludes halogenated alkanes) is 2. The Kier molecular flexibility index (Phi) is 8.02. The van der Waals surface area contributed by atoms with Gasteiger partial charge in [-0.25, -0.2) is 0 Å². The molecule has 0 bridgehead atoms. The van der Waals surface area contributed by atoms with Crippen molar-refractivity contribution in [1.82, 2.24) is 0 Å². The maximum Gasteiger partial charge on any atom is 0.117 e. The summed E-state index contributed by atoms with van der Waals surface area (Å²) in [7, 11) is 0. The predicted molar refractivity (Wildman–Crippen MR) is 43.2 cm³/mol. The first-order chi connectivity index (χ1) is 4.91.